The summed E-state index contributed by atoms with van der Waals surface area (Å²) in [5, 5.41) is 2.83. The van der Waals surface area contributed by atoms with Crippen LogP contribution >= 0.6 is 0 Å². The zero-order valence-corrected chi connectivity index (χ0v) is 13.2. The predicted octanol–water partition coefficient (Wildman–Crippen LogP) is 2.06. The van der Waals surface area contributed by atoms with E-state index >= 15 is 0 Å². The minimum absolute atomic E-state index is 0.0169. The maximum atomic E-state index is 12.7. The highest BCUT2D eigenvalue weighted by Crippen LogP contribution is 2.15. The smallest absolute Gasteiger partial charge is 0.246 e. The van der Waals surface area contributed by atoms with Gasteiger partial charge in [-0.1, -0.05) is 54.6 Å². The van der Waals surface area contributed by atoms with Crippen LogP contribution < -0.4 is 5.32 Å². The summed E-state index contributed by atoms with van der Waals surface area (Å²) in [6.07, 6.45) is 0.530. The number of amides is 2. The van der Waals surface area contributed by atoms with Crippen LogP contribution in [0.1, 0.15) is 16.7 Å². The highest BCUT2D eigenvalue weighted by Gasteiger charge is 2.32. The molecule has 23 heavy (non-hydrogen) atoms. The third-order valence-electron chi connectivity index (χ3n) is 4.18. The summed E-state index contributed by atoms with van der Waals surface area (Å²) >= 11 is 0. The molecule has 0 unspecified atom stereocenters. The van der Waals surface area contributed by atoms with E-state index in [-0.39, 0.29) is 18.4 Å². The number of nitrogens with zero attached hydrogens (tertiary/aromatic N) is 1. The van der Waals surface area contributed by atoms with Crippen molar-refractivity contribution in [1.82, 2.24) is 10.2 Å². The molecule has 0 saturated carbocycles. The van der Waals surface area contributed by atoms with Crippen molar-refractivity contribution in [3.05, 3.63) is 71.3 Å². The third-order valence-corrected chi connectivity index (χ3v) is 4.18. The van der Waals surface area contributed by atoms with Crippen LogP contribution in [0, 0.1) is 6.92 Å². The normalized spacial score (nSPS) is 18.0. The Morgan fingerprint density at radius 1 is 1.04 bits per heavy atom. The first-order valence-electron chi connectivity index (χ1n) is 7.80. The monoisotopic (exact) mass is 308 g/mol. The number of benzene rings is 2. The Morgan fingerprint density at radius 3 is 2.48 bits per heavy atom. The van der Waals surface area contributed by atoms with Crippen LogP contribution in [0.2, 0.25) is 0 Å². The minimum atomic E-state index is -0.485. The van der Waals surface area contributed by atoms with Crippen molar-refractivity contribution in [1.29, 1.82) is 0 Å². The fourth-order valence-electron chi connectivity index (χ4n) is 2.91. The maximum Gasteiger partial charge on any atom is 0.246 e. The third kappa shape index (κ3) is 3.59. The lowest BCUT2D eigenvalue weighted by Crippen LogP contribution is -2.58. The fourth-order valence-corrected chi connectivity index (χ4v) is 2.91. The average Bonchev–Trinajstić information content (AvgIpc) is 2.55. The van der Waals surface area contributed by atoms with E-state index in [0.717, 1.165) is 16.7 Å². The van der Waals surface area contributed by atoms with E-state index < -0.39 is 6.04 Å². The quantitative estimate of drug-likeness (QED) is 0.940. The van der Waals surface area contributed by atoms with Crippen LogP contribution in [0.5, 0.6) is 0 Å². The number of piperazine rings is 1. The van der Waals surface area contributed by atoms with E-state index in [1.165, 1.54) is 0 Å². The first kappa shape index (κ1) is 15.3. The molecule has 1 fully saturated rings. The molecule has 1 saturated heterocycles. The molecule has 2 amide bonds. The number of hydrogen-bond donors (Lipinski definition) is 1. The van der Waals surface area contributed by atoms with Gasteiger partial charge in [0.15, 0.2) is 0 Å². The topological polar surface area (TPSA) is 49.4 Å². The SMILES string of the molecule is Cc1ccccc1C[C@@H]1NC(=O)CN(Cc2ccccc2)C1=O. The Hall–Kier alpha value is -2.62. The second-order valence-electron chi connectivity index (χ2n) is 5.93. The van der Waals surface area contributed by atoms with Crippen molar-refractivity contribution in [2.24, 2.45) is 0 Å². The van der Waals surface area contributed by atoms with Gasteiger partial charge in [0.25, 0.3) is 0 Å². The Labute approximate surface area is 136 Å². The number of carbonyl (C=O) groups is 2. The van der Waals surface area contributed by atoms with E-state index in [4.69, 9.17) is 0 Å². The Bertz CT molecular complexity index is 712. The molecule has 2 aromatic rings. The van der Waals surface area contributed by atoms with E-state index in [2.05, 4.69) is 5.32 Å². The molecule has 1 atom stereocenters. The zero-order valence-electron chi connectivity index (χ0n) is 13.2. The van der Waals surface area contributed by atoms with Gasteiger partial charge in [0.1, 0.15) is 6.04 Å². The van der Waals surface area contributed by atoms with Gasteiger partial charge >= 0.3 is 0 Å². The predicted molar refractivity (Wildman–Crippen MR) is 88.7 cm³/mol. The molecule has 1 N–H and O–H groups in total. The molecule has 0 aromatic heterocycles. The molecule has 0 aliphatic carbocycles. The summed E-state index contributed by atoms with van der Waals surface area (Å²) in [7, 11) is 0. The van der Waals surface area contributed by atoms with E-state index in [0.29, 0.717) is 13.0 Å². The summed E-state index contributed by atoms with van der Waals surface area (Å²) in [6.45, 7) is 2.61. The van der Waals surface area contributed by atoms with Crippen molar-refractivity contribution >= 4 is 11.8 Å². The maximum absolute atomic E-state index is 12.7. The summed E-state index contributed by atoms with van der Waals surface area (Å²) in [4.78, 5) is 26.3. The molecule has 4 heteroatoms. The van der Waals surface area contributed by atoms with E-state index in [9.17, 15) is 9.59 Å². The number of carbonyl (C=O) groups excluding carboxylic acids is 2. The van der Waals surface area contributed by atoms with Crippen molar-refractivity contribution in [3.63, 3.8) is 0 Å². The summed E-state index contributed by atoms with van der Waals surface area (Å²) in [5.41, 5.74) is 3.26. The van der Waals surface area contributed by atoms with Gasteiger partial charge in [0.05, 0.1) is 6.54 Å². The molecular weight excluding hydrogens is 288 g/mol. The number of nitrogens with one attached hydrogen (secondary N) is 1. The highest BCUT2D eigenvalue weighted by atomic mass is 16.2. The Kier molecular flexibility index (Phi) is 4.42. The standard InChI is InChI=1S/C19H20N2O2/c1-14-7-5-6-10-16(14)11-17-19(23)21(13-18(22)20-17)12-15-8-3-2-4-9-15/h2-10,17H,11-13H2,1H3,(H,20,22)/t17-/m0/s1. The molecule has 0 radical (unpaired) electrons. The first-order valence-corrected chi connectivity index (χ1v) is 7.80. The molecular formula is C19H20N2O2. The van der Waals surface area contributed by atoms with Crippen molar-refractivity contribution in [3.8, 4) is 0 Å². The van der Waals surface area contributed by atoms with Crippen LogP contribution in [0.25, 0.3) is 0 Å². The van der Waals surface area contributed by atoms with Gasteiger partial charge in [-0.15, -0.1) is 0 Å². The largest absolute Gasteiger partial charge is 0.342 e. The average molecular weight is 308 g/mol. The lowest BCUT2D eigenvalue weighted by atomic mass is 9.99. The molecule has 1 heterocycles. The molecule has 1 aliphatic rings. The summed E-state index contributed by atoms with van der Waals surface area (Å²) < 4.78 is 0. The second-order valence-corrected chi connectivity index (χ2v) is 5.93. The molecule has 0 spiro atoms. The van der Waals surface area contributed by atoms with Gasteiger partial charge in [-0.05, 0) is 23.6 Å². The zero-order chi connectivity index (χ0) is 16.2. The number of rotatable bonds is 4. The van der Waals surface area contributed by atoms with Gasteiger partial charge in [-0.2, -0.15) is 0 Å². The summed E-state index contributed by atoms with van der Waals surface area (Å²) in [5.74, 6) is -0.115. The van der Waals surface area contributed by atoms with E-state index in [1.54, 1.807) is 4.90 Å². The fraction of sp³-hybridized carbons (Fsp3) is 0.263. The molecule has 2 aromatic carbocycles. The Balaban J connectivity index is 1.75. The van der Waals surface area contributed by atoms with E-state index in [1.807, 2.05) is 61.5 Å². The lowest BCUT2D eigenvalue weighted by molar-refractivity contribution is -0.144. The van der Waals surface area contributed by atoms with Crippen LogP contribution in [-0.2, 0) is 22.6 Å². The van der Waals surface area contributed by atoms with Gasteiger partial charge in [0.2, 0.25) is 11.8 Å². The van der Waals surface area contributed by atoms with Crippen molar-refractivity contribution < 1.29 is 9.59 Å². The highest BCUT2D eigenvalue weighted by molar-refractivity contribution is 5.95. The molecule has 0 bridgehead atoms. The van der Waals surface area contributed by atoms with Crippen molar-refractivity contribution in [2.75, 3.05) is 6.54 Å². The summed E-state index contributed by atoms with van der Waals surface area (Å²) in [6, 6.07) is 17.2. The molecule has 4 nitrogen and oxygen atoms in total. The van der Waals surface area contributed by atoms with Gasteiger partial charge in [0, 0.05) is 13.0 Å². The van der Waals surface area contributed by atoms with Crippen LogP contribution in [0.4, 0.5) is 0 Å². The number of hydrogen-bond acceptors (Lipinski definition) is 2. The second kappa shape index (κ2) is 6.65. The Morgan fingerprint density at radius 2 is 1.74 bits per heavy atom. The van der Waals surface area contributed by atoms with Crippen LogP contribution in [0.3, 0.4) is 0 Å². The van der Waals surface area contributed by atoms with Gasteiger partial charge in [-0.3, -0.25) is 9.59 Å². The minimum Gasteiger partial charge on any atom is -0.342 e. The number of aryl methyl sites for hydroxylation is 1. The molecule has 118 valence electrons. The molecule has 1 aliphatic heterocycles. The van der Waals surface area contributed by atoms with Crippen LogP contribution in [0.15, 0.2) is 54.6 Å². The first-order chi connectivity index (χ1) is 11.1. The van der Waals surface area contributed by atoms with Gasteiger partial charge in [-0.25, -0.2) is 0 Å². The van der Waals surface area contributed by atoms with Crippen LogP contribution in [-0.4, -0.2) is 29.3 Å². The lowest BCUT2D eigenvalue weighted by Gasteiger charge is -2.33. The van der Waals surface area contributed by atoms with Gasteiger partial charge < -0.3 is 10.2 Å². The van der Waals surface area contributed by atoms with Crippen molar-refractivity contribution in [2.45, 2.75) is 25.9 Å². The molecule has 3 rings (SSSR count).